The Bertz CT molecular complexity index is 144. The normalized spacial score (nSPS) is 8.50. The van der Waals surface area contributed by atoms with Crippen LogP contribution in [0.1, 0.15) is 61.8 Å². The Balaban J connectivity index is -0.000000154. The summed E-state index contributed by atoms with van der Waals surface area (Å²) in [6, 6.07) is 0. The van der Waals surface area contributed by atoms with Gasteiger partial charge in [-0.15, -0.1) is 0 Å². The molecule has 0 unspecified atom stereocenters. The maximum absolute atomic E-state index is 3.49. The van der Waals surface area contributed by atoms with Gasteiger partial charge in [0.15, 0.2) is 0 Å². The molecule has 0 aliphatic carbocycles. The third-order valence-electron chi connectivity index (χ3n) is 1.96. The molecule has 0 saturated carbocycles. The Morgan fingerprint density at radius 3 is 1.19 bits per heavy atom. The lowest BCUT2D eigenvalue weighted by Crippen LogP contribution is -1.77. The zero-order valence-corrected chi connectivity index (χ0v) is 11.1. The Hall–Kier alpha value is -0.860. The van der Waals surface area contributed by atoms with Gasteiger partial charge in [0.1, 0.15) is 0 Å². The number of hydrogen-bond acceptors (Lipinski definition) is 2. The van der Waals surface area contributed by atoms with Gasteiger partial charge < -0.3 is 0 Å². The van der Waals surface area contributed by atoms with Gasteiger partial charge in [-0.1, -0.05) is 61.8 Å². The summed E-state index contributed by atoms with van der Waals surface area (Å²) in [6.45, 7) is 13.3. The lowest BCUT2D eigenvalue weighted by molar-refractivity contribution is 0.626. The largest absolute Gasteiger partial charge is 0.198 e. The first-order valence-corrected chi connectivity index (χ1v) is 5.84. The molecular formula is C13H31N3. The Morgan fingerprint density at radius 1 is 0.875 bits per heavy atom. The number of rotatable bonds is 2. The van der Waals surface area contributed by atoms with Crippen LogP contribution in [0.25, 0.3) is 0 Å². The van der Waals surface area contributed by atoms with E-state index in [2.05, 4.69) is 57.0 Å². The van der Waals surface area contributed by atoms with Crippen LogP contribution in [-0.4, -0.2) is 15.4 Å². The van der Waals surface area contributed by atoms with Crippen LogP contribution < -0.4 is 0 Å². The van der Waals surface area contributed by atoms with Gasteiger partial charge in [-0.2, -0.15) is 15.4 Å². The van der Waals surface area contributed by atoms with E-state index in [0.29, 0.717) is 0 Å². The highest BCUT2D eigenvalue weighted by Gasteiger charge is 1.80. The Kier molecular flexibility index (Phi) is 21.3. The molecule has 98 valence electrons. The van der Waals surface area contributed by atoms with Gasteiger partial charge in [-0.05, 0) is 11.8 Å². The quantitative estimate of drug-likeness (QED) is 0.808. The van der Waals surface area contributed by atoms with E-state index >= 15 is 0 Å². The first-order chi connectivity index (χ1) is 7.04. The van der Waals surface area contributed by atoms with Crippen LogP contribution in [0.5, 0.6) is 0 Å². The number of aromatic amines is 1. The van der Waals surface area contributed by atoms with Gasteiger partial charge in [-0.3, -0.25) is 0 Å². The molecule has 1 N–H and O–H groups in total. The number of nitrogens with zero attached hydrogens (tertiary/aromatic N) is 2. The fourth-order valence-corrected chi connectivity index (χ4v) is 0.167. The van der Waals surface area contributed by atoms with Crippen molar-refractivity contribution in [2.45, 2.75) is 61.8 Å². The predicted octanol–water partition coefficient (Wildman–Crippen LogP) is 4.55. The molecule has 0 amide bonds. The summed E-state index contributed by atoms with van der Waals surface area (Å²) in [6.07, 6.45) is 5.78. The summed E-state index contributed by atoms with van der Waals surface area (Å²) in [5, 5.41) is 9.33. The van der Waals surface area contributed by atoms with Gasteiger partial charge >= 0.3 is 0 Å². The first kappa shape index (κ1) is 20.5. The van der Waals surface area contributed by atoms with Crippen molar-refractivity contribution in [1.29, 1.82) is 0 Å². The van der Waals surface area contributed by atoms with Crippen molar-refractivity contribution in [2.75, 3.05) is 0 Å². The van der Waals surface area contributed by atoms with Crippen molar-refractivity contribution in [2.24, 2.45) is 11.8 Å². The molecule has 1 aromatic heterocycles. The van der Waals surface area contributed by atoms with Crippen molar-refractivity contribution < 1.29 is 0 Å². The van der Waals surface area contributed by atoms with E-state index in [1.807, 2.05) is 0 Å². The second kappa shape index (κ2) is 16.6. The summed E-state index contributed by atoms with van der Waals surface area (Å²) >= 11 is 0. The van der Waals surface area contributed by atoms with E-state index in [9.17, 15) is 0 Å². The molecule has 3 heteroatoms. The fourth-order valence-electron chi connectivity index (χ4n) is 0.167. The van der Waals surface area contributed by atoms with Crippen LogP contribution >= 0.6 is 0 Å². The second-order valence-electron chi connectivity index (χ2n) is 4.26. The van der Waals surface area contributed by atoms with Crippen LogP contribution in [0.2, 0.25) is 0 Å². The molecule has 0 saturated heterocycles. The maximum Gasteiger partial charge on any atom is 0.0690 e. The molecule has 0 fully saturated rings. The lowest BCUT2D eigenvalue weighted by atomic mass is 10.2. The highest BCUT2D eigenvalue weighted by Crippen LogP contribution is 1.94. The minimum Gasteiger partial charge on any atom is -0.198 e. The van der Waals surface area contributed by atoms with Crippen LogP contribution in [0, 0.1) is 11.8 Å². The molecule has 0 aromatic carbocycles. The molecule has 3 nitrogen and oxygen atoms in total. The van der Waals surface area contributed by atoms with E-state index in [-0.39, 0.29) is 7.43 Å². The average Bonchev–Trinajstić information content (AvgIpc) is 2.76. The summed E-state index contributed by atoms with van der Waals surface area (Å²) in [5.74, 6) is 1.77. The summed E-state index contributed by atoms with van der Waals surface area (Å²) in [7, 11) is 0. The maximum atomic E-state index is 3.49. The highest BCUT2D eigenvalue weighted by molar-refractivity contribution is 4.54. The van der Waals surface area contributed by atoms with E-state index in [0.717, 1.165) is 11.8 Å². The first-order valence-electron chi connectivity index (χ1n) is 5.84. The SMILES string of the molecule is C.CCC(C)C.CCC(C)C.c1cn[nH]n1. The van der Waals surface area contributed by atoms with Crippen molar-refractivity contribution >= 4 is 0 Å². The molecule has 0 aliphatic rings. The zero-order valence-electron chi connectivity index (χ0n) is 11.1. The predicted molar refractivity (Wildman–Crippen MR) is 73.4 cm³/mol. The minimum absolute atomic E-state index is 0. The monoisotopic (exact) mass is 229 g/mol. The Morgan fingerprint density at radius 2 is 1.12 bits per heavy atom. The smallest absolute Gasteiger partial charge is 0.0690 e. The van der Waals surface area contributed by atoms with Gasteiger partial charge in [-0.25, -0.2) is 0 Å². The fraction of sp³-hybridized carbons (Fsp3) is 0.846. The Labute approximate surface area is 102 Å². The molecule has 1 rings (SSSR count). The molecular weight excluding hydrogens is 198 g/mol. The topological polar surface area (TPSA) is 41.6 Å². The number of nitrogens with one attached hydrogen (secondary N) is 1. The minimum atomic E-state index is 0. The van der Waals surface area contributed by atoms with Crippen molar-refractivity contribution in [3.8, 4) is 0 Å². The third kappa shape index (κ3) is 29.2. The van der Waals surface area contributed by atoms with Gasteiger partial charge in [0, 0.05) is 0 Å². The average molecular weight is 229 g/mol. The van der Waals surface area contributed by atoms with Crippen LogP contribution in [0.15, 0.2) is 12.4 Å². The van der Waals surface area contributed by atoms with Crippen molar-refractivity contribution in [3.63, 3.8) is 0 Å². The van der Waals surface area contributed by atoms with E-state index in [4.69, 9.17) is 0 Å². The second-order valence-corrected chi connectivity index (χ2v) is 4.26. The van der Waals surface area contributed by atoms with Gasteiger partial charge in [0.25, 0.3) is 0 Å². The number of hydrogen-bond donors (Lipinski definition) is 1. The van der Waals surface area contributed by atoms with E-state index in [1.165, 1.54) is 12.8 Å². The van der Waals surface area contributed by atoms with Crippen molar-refractivity contribution in [1.82, 2.24) is 15.4 Å². The summed E-state index contributed by atoms with van der Waals surface area (Å²) in [4.78, 5) is 0. The number of aromatic nitrogens is 3. The lowest BCUT2D eigenvalue weighted by Gasteiger charge is -1.90. The van der Waals surface area contributed by atoms with Crippen molar-refractivity contribution in [3.05, 3.63) is 12.4 Å². The molecule has 0 atom stereocenters. The van der Waals surface area contributed by atoms with Crippen LogP contribution in [0.4, 0.5) is 0 Å². The molecule has 0 aliphatic heterocycles. The van der Waals surface area contributed by atoms with Gasteiger partial charge in [0.2, 0.25) is 0 Å². The molecule has 0 radical (unpaired) electrons. The molecule has 0 spiro atoms. The molecule has 1 heterocycles. The third-order valence-corrected chi connectivity index (χ3v) is 1.96. The number of H-pyrrole nitrogens is 1. The van der Waals surface area contributed by atoms with Crippen LogP contribution in [-0.2, 0) is 0 Å². The zero-order chi connectivity index (χ0) is 12.1. The highest BCUT2D eigenvalue weighted by atomic mass is 15.3. The molecule has 0 bridgehead atoms. The molecule has 1 aromatic rings. The summed E-state index contributed by atoms with van der Waals surface area (Å²) in [5.41, 5.74) is 0. The van der Waals surface area contributed by atoms with Crippen LogP contribution in [0.3, 0.4) is 0 Å². The van der Waals surface area contributed by atoms with Gasteiger partial charge in [0.05, 0.1) is 12.4 Å². The summed E-state index contributed by atoms with van der Waals surface area (Å²) < 4.78 is 0. The van der Waals surface area contributed by atoms with E-state index in [1.54, 1.807) is 12.4 Å². The van der Waals surface area contributed by atoms with E-state index < -0.39 is 0 Å². The molecule has 16 heavy (non-hydrogen) atoms. The standard InChI is InChI=1S/2C5H12.C2H3N3.CH4/c2*1-4-5(2)3;1-2-4-5-3-1;/h2*5H,4H2,1-3H3;1-2H,(H,3,4,5);1H4.